The van der Waals surface area contributed by atoms with E-state index in [0.717, 1.165) is 24.4 Å². The number of carboxylic acid groups (broad SMARTS) is 1. The standard InChI is InChI=1S/C18H21N7O.CH2O2/c1-12-8-14(9-13(2)22-12)17(26)24-4-3-5-25(7-6-24)18-21-11-15(10-19)16(20)23-18;2-1-3/h8-9,11H,3-7H2,1-2H3,(H2,20,21,23);1H,(H,2,3). The number of nitrogens with two attached hydrogens (primary N) is 1. The summed E-state index contributed by atoms with van der Waals surface area (Å²) in [4.78, 5) is 37.8. The van der Waals surface area contributed by atoms with Gasteiger partial charge in [-0.1, -0.05) is 0 Å². The minimum atomic E-state index is -0.250. The number of hydrogen-bond acceptors (Lipinski definition) is 8. The van der Waals surface area contributed by atoms with Crippen molar-refractivity contribution in [1.29, 1.82) is 5.26 Å². The largest absolute Gasteiger partial charge is 0.483 e. The molecule has 0 aromatic carbocycles. The Morgan fingerprint density at radius 2 is 1.86 bits per heavy atom. The highest BCUT2D eigenvalue weighted by Gasteiger charge is 2.22. The van der Waals surface area contributed by atoms with E-state index in [1.165, 1.54) is 6.20 Å². The summed E-state index contributed by atoms with van der Waals surface area (Å²) in [5, 5.41) is 15.8. The molecule has 10 heteroatoms. The molecule has 0 saturated carbocycles. The predicted molar refractivity (Wildman–Crippen MR) is 106 cm³/mol. The maximum absolute atomic E-state index is 12.8. The summed E-state index contributed by atoms with van der Waals surface area (Å²) in [6.45, 7) is 6.11. The van der Waals surface area contributed by atoms with Crippen molar-refractivity contribution in [1.82, 2.24) is 19.9 Å². The van der Waals surface area contributed by atoms with Gasteiger partial charge < -0.3 is 20.6 Å². The van der Waals surface area contributed by atoms with Crippen LogP contribution in [0, 0.1) is 25.2 Å². The molecule has 0 spiro atoms. The van der Waals surface area contributed by atoms with Gasteiger partial charge in [0.05, 0.1) is 6.20 Å². The maximum Gasteiger partial charge on any atom is 0.290 e. The van der Waals surface area contributed by atoms with Gasteiger partial charge in [-0.15, -0.1) is 0 Å². The van der Waals surface area contributed by atoms with Crippen LogP contribution in [0.5, 0.6) is 0 Å². The second kappa shape index (κ2) is 9.98. The fourth-order valence-electron chi connectivity index (χ4n) is 3.08. The quantitative estimate of drug-likeness (QED) is 0.707. The fraction of sp³-hybridized carbons (Fsp3) is 0.368. The number of pyridine rings is 1. The first-order valence-corrected chi connectivity index (χ1v) is 8.99. The number of rotatable bonds is 2. The summed E-state index contributed by atoms with van der Waals surface area (Å²) in [7, 11) is 0. The van der Waals surface area contributed by atoms with E-state index in [1.807, 2.05) is 41.8 Å². The molecule has 1 aliphatic heterocycles. The van der Waals surface area contributed by atoms with Crippen LogP contribution in [0.1, 0.15) is 33.7 Å². The molecule has 10 nitrogen and oxygen atoms in total. The number of aryl methyl sites for hydroxylation is 2. The van der Waals surface area contributed by atoms with Crippen LogP contribution in [-0.4, -0.2) is 63.5 Å². The van der Waals surface area contributed by atoms with Gasteiger partial charge in [0.1, 0.15) is 17.5 Å². The van der Waals surface area contributed by atoms with E-state index in [-0.39, 0.29) is 23.8 Å². The molecule has 152 valence electrons. The van der Waals surface area contributed by atoms with Crippen molar-refractivity contribution in [2.75, 3.05) is 36.8 Å². The molecule has 0 aliphatic carbocycles. The fourth-order valence-corrected chi connectivity index (χ4v) is 3.08. The summed E-state index contributed by atoms with van der Waals surface area (Å²) in [5.74, 6) is 0.685. The second-order valence-electron chi connectivity index (χ2n) is 6.46. The zero-order chi connectivity index (χ0) is 21.4. The van der Waals surface area contributed by atoms with Crippen molar-refractivity contribution in [3.05, 3.63) is 40.8 Å². The van der Waals surface area contributed by atoms with Crippen molar-refractivity contribution < 1.29 is 14.7 Å². The van der Waals surface area contributed by atoms with Crippen LogP contribution in [0.4, 0.5) is 11.8 Å². The molecule has 2 aromatic rings. The number of aromatic nitrogens is 3. The first-order chi connectivity index (χ1) is 13.9. The number of hydrogen-bond donors (Lipinski definition) is 2. The average molecular weight is 397 g/mol. The molecule has 0 unspecified atom stereocenters. The molecular formula is C19H23N7O3. The van der Waals surface area contributed by atoms with Gasteiger partial charge in [0.2, 0.25) is 5.95 Å². The van der Waals surface area contributed by atoms with Gasteiger partial charge in [-0.05, 0) is 32.4 Å². The number of carbonyl (C=O) groups is 2. The van der Waals surface area contributed by atoms with E-state index in [4.69, 9.17) is 20.9 Å². The second-order valence-corrected chi connectivity index (χ2v) is 6.46. The van der Waals surface area contributed by atoms with Gasteiger partial charge >= 0.3 is 0 Å². The maximum atomic E-state index is 12.8. The van der Waals surface area contributed by atoms with E-state index < -0.39 is 0 Å². The third kappa shape index (κ3) is 5.62. The van der Waals surface area contributed by atoms with Crippen molar-refractivity contribution in [3.63, 3.8) is 0 Å². The number of nitrogens with zero attached hydrogens (tertiary/aromatic N) is 6. The highest BCUT2D eigenvalue weighted by Crippen LogP contribution is 2.16. The van der Waals surface area contributed by atoms with Crippen molar-refractivity contribution in [2.24, 2.45) is 0 Å². The number of amides is 1. The van der Waals surface area contributed by atoms with Crippen molar-refractivity contribution in [3.8, 4) is 6.07 Å². The van der Waals surface area contributed by atoms with Crippen LogP contribution < -0.4 is 10.6 Å². The van der Waals surface area contributed by atoms with E-state index in [1.54, 1.807) is 0 Å². The summed E-state index contributed by atoms with van der Waals surface area (Å²) in [6.07, 6.45) is 2.24. The van der Waals surface area contributed by atoms with Gasteiger partial charge in [-0.3, -0.25) is 14.6 Å². The minimum Gasteiger partial charge on any atom is -0.483 e. The Morgan fingerprint density at radius 1 is 1.21 bits per heavy atom. The first kappa shape index (κ1) is 21.6. The van der Waals surface area contributed by atoms with Crippen LogP contribution >= 0.6 is 0 Å². The number of nitrogen functional groups attached to an aromatic ring is 1. The van der Waals surface area contributed by atoms with Gasteiger partial charge in [0.25, 0.3) is 12.4 Å². The average Bonchev–Trinajstić information content (AvgIpc) is 2.93. The molecule has 2 aromatic heterocycles. The molecular weight excluding hydrogens is 374 g/mol. The Hall–Kier alpha value is -3.74. The summed E-state index contributed by atoms with van der Waals surface area (Å²) >= 11 is 0. The highest BCUT2D eigenvalue weighted by atomic mass is 16.3. The molecule has 1 aliphatic rings. The lowest BCUT2D eigenvalue weighted by atomic mass is 10.1. The molecule has 3 heterocycles. The Balaban J connectivity index is 0.000000941. The van der Waals surface area contributed by atoms with Gasteiger partial charge in [0, 0.05) is 43.1 Å². The zero-order valence-corrected chi connectivity index (χ0v) is 16.4. The Morgan fingerprint density at radius 3 is 2.45 bits per heavy atom. The van der Waals surface area contributed by atoms with E-state index >= 15 is 0 Å². The smallest absolute Gasteiger partial charge is 0.290 e. The Labute approximate surface area is 168 Å². The predicted octanol–water partition coefficient (Wildman–Crippen LogP) is 0.996. The van der Waals surface area contributed by atoms with Gasteiger partial charge in [0.15, 0.2) is 0 Å². The van der Waals surface area contributed by atoms with Crippen LogP contribution in [0.3, 0.4) is 0 Å². The summed E-state index contributed by atoms with van der Waals surface area (Å²) in [6, 6.07) is 5.60. The molecule has 0 atom stereocenters. The normalized spacial score (nSPS) is 13.6. The minimum absolute atomic E-state index is 0.0145. The lowest BCUT2D eigenvalue weighted by molar-refractivity contribution is -0.122. The number of nitriles is 1. The van der Waals surface area contributed by atoms with Gasteiger partial charge in [-0.2, -0.15) is 10.2 Å². The zero-order valence-electron chi connectivity index (χ0n) is 16.4. The molecule has 0 bridgehead atoms. The highest BCUT2D eigenvalue weighted by molar-refractivity contribution is 5.94. The first-order valence-electron chi connectivity index (χ1n) is 8.99. The van der Waals surface area contributed by atoms with Crippen LogP contribution in [0.15, 0.2) is 18.3 Å². The summed E-state index contributed by atoms with van der Waals surface area (Å²) < 4.78 is 0. The lowest BCUT2D eigenvalue weighted by Gasteiger charge is -2.22. The van der Waals surface area contributed by atoms with E-state index in [0.29, 0.717) is 31.1 Å². The van der Waals surface area contributed by atoms with E-state index in [9.17, 15) is 4.79 Å². The molecule has 29 heavy (non-hydrogen) atoms. The topological polar surface area (TPSA) is 149 Å². The molecule has 1 fully saturated rings. The van der Waals surface area contributed by atoms with Crippen LogP contribution in [0.25, 0.3) is 0 Å². The molecule has 1 amide bonds. The third-order valence-corrected chi connectivity index (χ3v) is 4.32. The molecule has 3 rings (SSSR count). The summed E-state index contributed by atoms with van der Waals surface area (Å²) in [5.41, 5.74) is 8.40. The van der Waals surface area contributed by atoms with Gasteiger partial charge in [-0.25, -0.2) is 4.98 Å². The van der Waals surface area contributed by atoms with Crippen molar-refractivity contribution in [2.45, 2.75) is 20.3 Å². The Bertz CT molecular complexity index is 906. The molecule has 3 N–H and O–H groups in total. The van der Waals surface area contributed by atoms with Crippen LogP contribution in [0.2, 0.25) is 0 Å². The lowest BCUT2D eigenvalue weighted by Crippen LogP contribution is -2.35. The number of anilines is 2. The van der Waals surface area contributed by atoms with Crippen molar-refractivity contribution >= 4 is 24.1 Å². The monoisotopic (exact) mass is 397 g/mol. The third-order valence-electron chi connectivity index (χ3n) is 4.32. The molecule has 1 saturated heterocycles. The SMILES string of the molecule is Cc1cc(C(=O)N2CCCN(c3ncc(C#N)c(N)n3)CC2)cc(C)n1.O=CO. The number of carbonyl (C=O) groups excluding carboxylic acids is 1. The molecule has 0 radical (unpaired) electrons. The van der Waals surface area contributed by atoms with E-state index in [2.05, 4.69) is 15.0 Å². The van der Waals surface area contributed by atoms with Crippen LogP contribution in [-0.2, 0) is 4.79 Å². The Kier molecular flexibility index (Phi) is 7.42.